The summed E-state index contributed by atoms with van der Waals surface area (Å²) in [4.78, 5) is 0. The van der Waals surface area contributed by atoms with E-state index in [1.807, 2.05) is 0 Å². The second-order valence-corrected chi connectivity index (χ2v) is 36.2. The molecule has 0 heteroatoms. The van der Waals surface area contributed by atoms with Crippen molar-refractivity contribution >= 4 is 0 Å². The molecular weight excluding hydrogens is 1030 g/mol. The van der Waals surface area contributed by atoms with Crippen LogP contribution < -0.4 is 0 Å². The van der Waals surface area contributed by atoms with Crippen molar-refractivity contribution in [3.05, 3.63) is 35.4 Å². The first-order chi connectivity index (χ1) is 40.7. The number of hydrogen-bond acceptors (Lipinski definition) is 0. The maximum absolute atomic E-state index is 2.45. The van der Waals surface area contributed by atoms with E-state index in [4.69, 9.17) is 0 Å². The van der Waals surface area contributed by atoms with Crippen molar-refractivity contribution < 1.29 is 0 Å². The van der Waals surface area contributed by atoms with Gasteiger partial charge < -0.3 is 0 Å². The highest BCUT2D eigenvalue weighted by Crippen LogP contribution is 2.48. The summed E-state index contributed by atoms with van der Waals surface area (Å²) >= 11 is 0. The molecule has 0 N–H and O–H groups in total. The first-order valence-electron chi connectivity index (χ1n) is 39.8. The Labute approximate surface area is 545 Å². The molecule has 0 nitrogen and oxygen atoms in total. The van der Waals surface area contributed by atoms with Crippen molar-refractivity contribution in [2.24, 2.45) is 117 Å². The second kappa shape index (κ2) is 43.9. The molecule has 0 saturated heterocycles. The van der Waals surface area contributed by atoms with Gasteiger partial charge in [0.15, 0.2) is 0 Å². The minimum absolute atomic E-state index is 0.584. The van der Waals surface area contributed by atoms with E-state index >= 15 is 0 Å². The summed E-state index contributed by atoms with van der Waals surface area (Å²) in [6.07, 6.45) is 59.1. The lowest BCUT2D eigenvalue weighted by Crippen LogP contribution is -2.32. The third-order valence-corrected chi connectivity index (χ3v) is 24.4. The van der Waals surface area contributed by atoms with Crippen LogP contribution in [0.1, 0.15) is 394 Å². The van der Waals surface area contributed by atoms with Gasteiger partial charge in [0.2, 0.25) is 0 Å². The van der Waals surface area contributed by atoms with Gasteiger partial charge in [0.05, 0.1) is 0 Å². The molecule has 1 aromatic rings. The molecule has 0 bridgehead atoms. The van der Waals surface area contributed by atoms with Gasteiger partial charge in [-0.15, -0.1) is 0 Å². The molecule has 10 atom stereocenters. The number of benzene rings is 1. The summed E-state index contributed by atoms with van der Waals surface area (Å²) in [6.45, 7) is 47.5. The molecule has 0 aromatic heterocycles. The van der Waals surface area contributed by atoms with Crippen LogP contribution in [0, 0.1) is 117 Å². The predicted octanol–water partition coefficient (Wildman–Crippen LogP) is 29.1. The van der Waals surface area contributed by atoms with E-state index in [0.29, 0.717) is 10.8 Å². The van der Waals surface area contributed by atoms with E-state index in [0.717, 1.165) is 119 Å². The molecule has 0 radical (unpaired) electrons. The van der Waals surface area contributed by atoms with Crippen molar-refractivity contribution in [1.29, 1.82) is 0 Å². The zero-order valence-electron chi connectivity index (χ0n) is 63.0. The van der Waals surface area contributed by atoms with Crippen molar-refractivity contribution in [3.8, 4) is 0 Å². The summed E-state index contributed by atoms with van der Waals surface area (Å²) in [7, 11) is 0. The van der Waals surface area contributed by atoms with Gasteiger partial charge in [-0.3, -0.25) is 0 Å². The van der Waals surface area contributed by atoms with Crippen LogP contribution in [0.15, 0.2) is 24.3 Å². The Hall–Kier alpha value is -0.780. The van der Waals surface area contributed by atoms with Crippen molar-refractivity contribution in [1.82, 2.24) is 0 Å². The zero-order valence-corrected chi connectivity index (χ0v) is 63.0. The van der Waals surface area contributed by atoms with Gasteiger partial charge in [0.25, 0.3) is 0 Å². The molecule has 10 unspecified atom stereocenters. The Balaban J connectivity index is 0.000000260. The summed E-state index contributed by atoms with van der Waals surface area (Å²) in [5, 5.41) is 0. The summed E-state index contributed by atoms with van der Waals surface area (Å²) in [6, 6.07) is 8.83. The molecule has 86 heavy (non-hydrogen) atoms. The highest BCUT2D eigenvalue weighted by molar-refractivity contribution is 5.22. The van der Waals surface area contributed by atoms with Crippen molar-refractivity contribution in [3.63, 3.8) is 0 Å². The molecule has 10 rings (SSSR count). The third-order valence-electron chi connectivity index (χ3n) is 24.4. The Morgan fingerprint density at radius 1 is 0.326 bits per heavy atom. The summed E-state index contributed by atoms with van der Waals surface area (Å²) in [5.41, 5.74) is 4.02. The van der Waals surface area contributed by atoms with Crippen LogP contribution in [0.4, 0.5) is 0 Å². The molecule has 9 aliphatic rings. The zero-order chi connectivity index (χ0) is 63.7. The SMILES string of the molecule is CC(C)CC1CCCCC1C.CC1CC(C)(C)CC(C)(C)C1.CC1CCC(C)CC1.CC1CCC(CC2CCC(C)CC2)CC1.CC1CCCC(C)C1.CC1CCCC(CC2CCCC(C)C2)C1.CC1CCCCC1C.CCc1ccc(CC)cc1. The molecule has 0 amide bonds. The van der Waals surface area contributed by atoms with Gasteiger partial charge >= 0.3 is 0 Å². The average Bonchev–Trinajstić information content (AvgIpc) is 3.65. The van der Waals surface area contributed by atoms with Crippen LogP contribution in [0.25, 0.3) is 0 Å². The van der Waals surface area contributed by atoms with Crippen LogP contribution in [0.3, 0.4) is 0 Å². The number of hydrogen-bond donors (Lipinski definition) is 0. The lowest BCUT2D eigenvalue weighted by atomic mass is 9.62. The molecular formula is C86H162. The van der Waals surface area contributed by atoms with Gasteiger partial charge in [-0.1, -0.05) is 349 Å². The molecule has 0 aliphatic heterocycles. The van der Waals surface area contributed by atoms with Crippen LogP contribution in [0.5, 0.6) is 0 Å². The smallest absolute Gasteiger partial charge is 0.0307 e. The van der Waals surface area contributed by atoms with E-state index in [1.165, 1.54) is 242 Å². The third kappa shape index (κ3) is 37.1. The topological polar surface area (TPSA) is 0 Å². The fourth-order valence-corrected chi connectivity index (χ4v) is 19.0. The maximum Gasteiger partial charge on any atom is -0.0307 e. The Kier molecular flexibility index (Phi) is 40.6. The second-order valence-electron chi connectivity index (χ2n) is 36.2. The molecule has 0 spiro atoms. The molecule has 9 saturated carbocycles. The van der Waals surface area contributed by atoms with E-state index < -0.39 is 0 Å². The van der Waals surface area contributed by atoms with E-state index in [-0.39, 0.29) is 0 Å². The lowest BCUT2D eigenvalue weighted by Gasteiger charge is -2.44. The molecule has 506 valence electrons. The quantitative estimate of drug-likeness (QED) is 0.243. The molecule has 1 aromatic carbocycles. The standard InChI is InChI=1S/2C15H28.2C11H22.C10H14.3C8H16/c1-12-3-7-14(8-4-12)11-15-9-5-13(2)6-10-15;1-12-5-3-7-14(9-12)11-15-8-4-6-13(2)10-15;1-9-6-10(2,3)8-11(4,5)7-9;1-9(2)8-11-7-5-4-6-10(11)3;1-3-9-5-7-10(4-2)8-6-9;1-7-3-5-8(2)6-4-7;1-7-4-3-5-8(2)6-7;1-7-5-3-4-6-8(7)2/h2*12-15H,3-11H2,1-2H3;9H,6-8H2,1-5H3;9-11H,4-8H2,1-3H3;5-8H,3-4H2,1-2H3;3*7-8H,3-6H2,1-2H3. The Morgan fingerprint density at radius 2 is 0.640 bits per heavy atom. The molecule has 9 fully saturated rings. The van der Waals surface area contributed by atoms with Crippen LogP contribution in [-0.2, 0) is 12.8 Å². The van der Waals surface area contributed by atoms with E-state index in [9.17, 15) is 0 Å². The largest absolute Gasteiger partial charge is 0.0628 e. The highest BCUT2D eigenvalue weighted by atomic mass is 14.4. The van der Waals surface area contributed by atoms with Crippen LogP contribution in [0.2, 0.25) is 0 Å². The Bertz CT molecular complexity index is 1610. The first kappa shape index (κ1) is 79.5. The normalized spacial score (nSPS) is 35.2. The van der Waals surface area contributed by atoms with Gasteiger partial charge in [-0.05, 0) is 199 Å². The van der Waals surface area contributed by atoms with Gasteiger partial charge in [-0.2, -0.15) is 0 Å². The summed E-state index contributed by atoms with van der Waals surface area (Å²) in [5.74, 6) is 18.4. The number of rotatable bonds is 8. The van der Waals surface area contributed by atoms with E-state index in [2.05, 4.69) is 163 Å². The minimum atomic E-state index is 0.584. The maximum atomic E-state index is 2.45. The molecule has 9 aliphatic carbocycles. The number of aryl methyl sites for hydroxylation is 2. The minimum Gasteiger partial charge on any atom is -0.0628 e. The molecule has 0 heterocycles. The van der Waals surface area contributed by atoms with Gasteiger partial charge in [0, 0.05) is 0 Å². The van der Waals surface area contributed by atoms with Crippen LogP contribution >= 0.6 is 0 Å². The monoisotopic (exact) mass is 1200 g/mol. The van der Waals surface area contributed by atoms with E-state index in [1.54, 1.807) is 12.8 Å². The Morgan fingerprint density at radius 3 is 0.930 bits per heavy atom. The fraction of sp³-hybridized carbons (Fsp3) is 0.930. The fourth-order valence-electron chi connectivity index (χ4n) is 19.0. The van der Waals surface area contributed by atoms with Gasteiger partial charge in [-0.25, -0.2) is 0 Å². The van der Waals surface area contributed by atoms with Crippen molar-refractivity contribution in [2.45, 2.75) is 395 Å². The average molecular weight is 1200 g/mol. The highest BCUT2D eigenvalue weighted by Gasteiger charge is 2.36. The van der Waals surface area contributed by atoms with Crippen LogP contribution in [-0.4, -0.2) is 0 Å². The first-order valence-corrected chi connectivity index (χ1v) is 39.8. The lowest BCUT2D eigenvalue weighted by molar-refractivity contribution is 0.0754. The summed E-state index contributed by atoms with van der Waals surface area (Å²) < 4.78 is 0. The van der Waals surface area contributed by atoms with Crippen molar-refractivity contribution in [2.75, 3.05) is 0 Å². The predicted molar refractivity (Wildman–Crippen MR) is 390 cm³/mol. The van der Waals surface area contributed by atoms with Gasteiger partial charge in [0.1, 0.15) is 0 Å².